The Labute approximate surface area is 92.8 Å². The van der Waals surface area contributed by atoms with Gasteiger partial charge in [-0.25, -0.2) is 0 Å². The molecule has 0 fully saturated rings. The first kappa shape index (κ1) is 10.9. The van der Waals surface area contributed by atoms with Crippen molar-refractivity contribution in [2.75, 3.05) is 20.3 Å². The molecule has 1 rings (SSSR count). The number of hydrogen-bond donors (Lipinski definition) is 1. The van der Waals surface area contributed by atoms with Crippen LogP contribution in [0.3, 0.4) is 0 Å². The van der Waals surface area contributed by atoms with Crippen LogP contribution in [-0.4, -0.2) is 20.3 Å². The lowest BCUT2D eigenvalue weighted by Gasteiger charge is -2.04. The minimum absolute atomic E-state index is 0.768. The van der Waals surface area contributed by atoms with Crippen molar-refractivity contribution in [3.05, 3.63) is 33.4 Å². The molecule has 0 aliphatic carbocycles. The van der Waals surface area contributed by atoms with Gasteiger partial charge >= 0.3 is 0 Å². The van der Waals surface area contributed by atoms with Crippen LogP contribution in [0, 0.1) is 3.57 Å². The summed E-state index contributed by atoms with van der Waals surface area (Å²) in [6.07, 6.45) is 0. The molecule has 0 spiro atoms. The van der Waals surface area contributed by atoms with Crippen molar-refractivity contribution in [1.29, 1.82) is 0 Å². The summed E-state index contributed by atoms with van der Waals surface area (Å²) in [6, 6.07) is 8.48. The Kier molecular flexibility index (Phi) is 5.34. The van der Waals surface area contributed by atoms with Gasteiger partial charge in [-0.15, -0.1) is 0 Å². The van der Waals surface area contributed by atoms with Gasteiger partial charge in [0, 0.05) is 23.8 Å². The minimum Gasteiger partial charge on any atom is -0.383 e. The lowest BCUT2D eigenvalue weighted by molar-refractivity contribution is 0.199. The number of ether oxygens (including phenoxy) is 1. The first-order valence-electron chi connectivity index (χ1n) is 4.27. The topological polar surface area (TPSA) is 21.3 Å². The molecule has 0 aromatic heterocycles. The first-order valence-corrected chi connectivity index (χ1v) is 5.35. The van der Waals surface area contributed by atoms with Crippen LogP contribution < -0.4 is 5.32 Å². The highest BCUT2D eigenvalue weighted by Crippen LogP contribution is 2.06. The lowest BCUT2D eigenvalue weighted by Crippen LogP contribution is -2.18. The Morgan fingerprint density at radius 3 is 3.00 bits per heavy atom. The Morgan fingerprint density at radius 2 is 2.31 bits per heavy atom. The fourth-order valence-electron chi connectivity index (χ4n) is 1.05. The van der Waals surface area contributed by atoms with E-state index in [1.807, 2.05) is 0 Å². The maximum absolute atomic E-state index is 4.94. The smallest absolute Gasteiger partial charge is 0.0587 e. The average molecular weight is 291 g/mol. The molecule has 0 heterocycles. The summed E-state index contributed by atoms with van der Waals surface area (Å²) < 4.78 is 6.22. The molecule has 0 bridgehead atoms. The summed E-state index contributed by atoms with van der Waals surface area (Å²) in [5.74, 6) is 0. The van der Waals surface area contributed by atoms with Crippen LogP contribution in [0.1, 0.15) is 5.56 Å². The van der Waals surface area contributed by atoms with E-state index < -0.39 is 0 Å². The van der Waals surface area contributed by atoms with Gasteiger partial charge in [0.25, 0.3) is 0 Å². The number of nitrogens with one attached hydrogen (secondary N) is 1. The van der Waals surface area contributed by atoms with E-state index in [4.69, 9.17) is 4.74 Å². The van der Waals surface area contributed by atoms with Crippen molar-refractivity contribution in [3.63, 3.8) is 0 Å². The van der Waals surface area contributed by atoms with Gasteiger partial charge in [-0.1, -0.05) is 12.1 Å². The van der Waals surface area contributed by atoms with Crippen LogP contribution >= 0.6 is 22.6 Å². The third-order valence-corrected chi connectivity index (χ3v) is 2.37. The summed E-state index contributed by atoms with van der Waals surface area (Å²) in [5.41, 5.74) is 1.32. The fraction of sp³-hybridized carbons (Fsp3) is 0.400. The van der Waals surface area contributed by atoms with Gasteiger partial charge in [0.2, 0.25) is 0 Å². The van der Waals surface area contributed by atoms with E-state index in [1.165, 1.54) is 9.13 Å². The summed E-state index contributed by atoms with van der Waals surface area (Å²) in [7, 11) is 1.72. The highest BCUT2D eigenvalue weighted by molar-refractivity contribution is 14.1. The molecule has 13 heavy (non-hydrogen) atoms. The van der Waals surface area contributed by atoms with E-state index in [0.717, 1.165) is 19.7 Å². The van der Waals surface area contributed by atoms with Gasteiger partial charge in [-0.05, 0) is 40.3 Å². The highest BCUT2D eigenvalue weighted by Gasteiger charge is 1.92. The normalized spacial score (nSPS) is 10.3. The Hall–Kier alpha value is -0.130. The van der Waals surface area contributed by atoms with Crippen molar-refractivity contribution >= 4 is 22.6 Å². The quantitative estimate of drug-likeness (QED) is 0.662. The number of hydrogen-bond acceptors (Lipinski definition) is 2. The van der Waals surface area contributed by atoms with Gasteiger partial charge < -0.3 is 10.1 Å². The van der Waals surface area contributed by atoms with Crippen molar-refractivity contribution in [2.24, 2.45) is 0 Å². The zero-order valence-corrected chi connectivity index (χ0v) is 9.87. The van der Waals surface area contributed by atoms with Crippen LogP contribution in [-0.2, 0) is 11.3 Å². The number of halogens is 1. The highest BCUT2D eigenvalue weighted by atomic mass is 127. The van der Waals surface area contributed by atoms with Crippen molar-refractivity contribution in [1.82, 2.24) is 5.32 Å². The summed E-state index contributed by atoms with van der Waals surface area (Å²) in [5, 5.41) is 3.30. The molecular weight excluding hydrogens is 277 g/mol. The third kappa shape index (κ3) is 4.59. The lowest BCUT2D eigenvalue weighted by atomic mass is 10.2. The Balaban J connectivity index is 2.28. The van der Waals surface area contributed by atoms with E-state index in [-0.39, 0.29) is 0 Å². The monoisotopic (exact) mass is 291 g/mol. The molecule has 0 saturated carbocycles. The zero-order valence-electron chi connectivity index (χ0n) is 7.72. The van der Waals surface area contributed by atoms with Crippen LogP contribution in [0.15, 0.2) is 24.3 Å². The molecule has 0 radical (unpaired) electrons. The summed E-state index contributed by atoms with van der Waals surface area (Å²) in [6.45, 7) is 2.59. The van der Waals surface area contributed by atoms with Crippen LogP contribution in [0.4, 0.5) is 0 Å². The molecule has 2 nitrogen and oxygen atoms in total. The number of rotatable bonds is 5. The minimum atomic E-state index is 0.768. The number of benzene rings is 1. The second-order valence-corrected chi connectivity index (χ2v) is 4.05. The zero-order chi connectivity index (χ0) is 9.52. The molecular formula is C10H14INO. The Bertz CT molecular complexity index is 252. The fourth-order valence-corrected chi connectivity index (χ4v) is 1.66. The molecule has 72 valence electrons. The molecule has 0 saturated heterocycles. The second kappa shape index (κ2) is 6.34. The van der Waals surface area contributed by atoms with E-state index in [9.17, 15) is 0 Å². The molecule has 0 aliphatic heterocycles. The average Bonchev–Trinajstić information content (AvgIpc) is 2.13. The second-order valence-electron chi connectivity index (χ2n) is 2.80. The number of methoxy groups -OCH3 is 1. The maximum atomic E-state index is 4.94. The standard InChI is InChI=1S/C10H14INO/c1-13-6-5-12-8-9-3-2-4-10(11)7-9/h2-4,7,12H,5-6,8H2,1H3. The first-order chi connectivity index (χ1) is 6.33. The molecule has 0 amide bonds. The largest absolute Gasteiger partial charge is 0.383 e. The van der Waals surface area contributed by atoms with E-state index in [0.29, 0.717) is 0 Å². The summed E-state index contributed by atoms with van der Waals surface area (Å²) >= 11 is 2.32. The van der Waals surface area contributed by atoms with Gasteiger partial charge in [0.1, 0.15) is 0 Å². The van der Waals surface area contributed by atoms with Crippen LogP contribution in [0.2, 0.25) is 0 Å². The molecule has 0 atom stereocenters. The van der Waals surface area contributed by atoms with Crippen molar-refractivity contribution in [3.8, 4) is 0 Å². The Morgan fingerprint density at radius 1 is 1.46 bits per heavy atom. The molecule has 1 N–H and O–H groups in total. The molecule has 1 aromatic carbocycles. The summed E-state index contributed by atoms with van der Waals surface area (Å²) in [4.78, 5) is 0. The molecule has 1 aromatic rings. The van der Waals surface area contributed by atoms with Gasteiger partial charge in [0.05, 0.1) is 6.61 Å². The van der Waals surface area contributed by atoms with Gasteiger partial charge in [-0.2, -0.15) is 0 Å². The third-order valence-electron chi connectivity index (χ3n) is 1.70. The van der Waals surface area contributed by atoms with Crippen molar-refractivity contribution < 1.29 is 4.74 Å². The molecule has 0 unspecified atom stereocenters. The molecule has 0 aliphatic rings. The predicted octanol–water partition coefficient (Wildman–Crippen LogP) is 2.03. The van der Waals surface area contributed by atoms with E-state index in [1.54, 1.807) is 7.11 Å². The van der Waals surface area contributed by atoms with Gasteiger partial charge in [0.15, 0.2) is 0 Å². The maximum Gasteiger partial charge on any atom is 0.0587 e. The van der Waals surface area contributed by atoms with Crippen molar-refractivity contribution in [2.45, 2.75) is 6.54 Å². The SMILES string of the molecule is COCCNCc1cccc(I)c1. The van der Waals surface area contributed by atoms with Crippen LogP contribution in [0.25, 0.3) is 0 Å². The van der Waals surface area contributed by atoms with Gasteiger partial charge in [-0.3, -0.25) is 0 Å². The van der Waals surface area contributed by atoms with Crippen LogP contribution in [0.5, 0.6) is 0 Å². The predicted molar refractivity (Wildman–Crippen MR) is 62.7 cm³/mol. The molecule has 3 heteroatoms. The van der Waals surface area contributed by atoms with E-state index in [2.05, 4.69) is 52.2 Å². The van der Waals surface area contributed by atoms with E-state index >= 15 is 0 Å².